The third-order valence-electron chi connectivity index (χ3n) is 3.83. The van der Waals surface area contributed by atoms with Crippen molar-refractivity contribution in [3.8, 4) is 0 Å². The van der Waals surface area contributed by atoms with Gasteiger partial charge in [0.2, 0.25) is 0 Å². The Bertz CT molecular complexity index is 492. The Balaban J connectivity index is 1.65. The van der Waals surface area contributed by atoms with Gasteiger partial charge in [0.05, 0.1) is 12.2 Å². The summed E-state index contributed by atoms with van der Waals surface area (Å²) in [5, 5.41) is 0. The Morgan fingerprint density at radius 1 is 0.842 bits per heavy atom. The summed E-state index contributed by atoms with van der Waals surface area (Å²) >= 11 is 0. The maximum atomic E-state index is 6.28. The minimum atomic E-state index is 0.281. The molecule has 1 heteroatoms. The lowest BCUT2D eigenvalue weighted by molar-refractivity contribution is -0.0506. The monoisotopic (exact) mass is 252 g/mol. The predicted octanol–water partition coefficient (Wildman–Crippen LogP) is 4.54. The Labute approximate surface area is 115 Å². The molecule has 0 amide bonds. The van der Waals surface area contributed by atoms with Gasteiger partial charge in [-0.1, -0.05) is 60.7 Å². The van der Waals surface area contributed by atoms with E-state index in [0.29, 0.717) is 6.10 Å². The molecule has 0 aliphatic carbocycles. The van der Waals surface area contributed by atoms with Gasteiger partial charge in [-0.25, -0.2) is 0 Å². The SMILES string of the molecule is c1ccc(C[C@H]2CCC[C@@H](c3ccccc3)O2)cc1. The van der Waals surface area contributed by atoms with E-state index in [1.165, 1.54) is 24.0 Å². The summed E-state index contributed by atoms with van der Waals surface area (Å²) in [5.41, 5.74) is 2.70. The van der Waals surface area contributed by atoms with E-state index in [2.05, 4.69) is 60.7 Å². The summed E-state index contributed by atoms with van der Waals surface area (Å²) in [4.78, 5) is 0. The molecule has 1 heterocycles. The predicted molar refractivity (Wildman–Crippen MR) is 78.1 cm³/mol. The fourth-order valence-corrected chi connectivity index (χ4v) is 2.84. The quantitative estimate of drug-likeness (QED) is 0.779. The normalized spacial score (nSPS) is 23.2. The van der Waals surface area contributed by atoms with Crippen molar-refractivity contribution >= 4 is 0 Å². The van der Waals surface area contributed by atoms with Gasteiger partial charge in [-0.2, -0.15) is 0 Å². The number of rotatable bonds is 3. The molecule has 98 valence electrons. The molecule has 1 saturated heterocycles. The van der Waals surface area contributed by atoms with Crippen LogP contribution in [0.15, 0.2) is 60.7 Å². The van der Waals surface area contributed by atoms with Crippen LogP contribution in [0.1, 0.15) is 36.5 Å². The Hall–Kier alpha value is -1.60. The van der Waals surface area contributed by atoms with Crippen molar-refractivity contribution in [2.45, 2.75) is 37.9 Å². The maximum Gasteiger partial charge on any atom is 0.0828 e. The summed E-state index contributed by atoms with van der Waals surface area (Å²) < 4.78 is 6.28. The summed E-state index contributed by atoms with van der Waals surface area (Å²) in [7, 11) is 0. The lowest BCUT2D eigenvalue weighted by atomic mass is 9.95. The highest BCUT2D eigenvalue weighted by atomic mass is 16.5. The average Bonchev–Trinajstić information content (AvgIpc) is 2.49. The molecule has 2 atom stereocenters. The summed E-state index contributed by atoms with van der Waals surface area (Å²) in [5.74, 6) is 0. The first kappa shape index (κ1) is 12.4. The minimum Gasteiger partial charge on any atom is -0.370 e. The van der Waals surface area contributed by atoms with Gasteiger partial charge in [-0.05, 0) is 36.8 Å². The van der Waals surface area contributed by atoms with Crippen molar-refractivity contribution in [3.63, 3.8) is 0 Å². The van der Waals surface area contributed by atoms with Gasteiger partial charge >= 0.3 is 0 Å². The standard InChI is InChI=1S/C18H20O/c1-3-8-15(9-4-1)14-17-12-7-13-18(19-17)16-10-5-2-6-11-16/h1-6,8-11,17-18H,7,12-14H2/t17-,18+/m1/s1. The van der Waals surface area contributed by atoms with Gasteiger partial charge in [0.25, 0.3) is 0 Å². The van der Waals surface area contributed by atoms with Gasteiger partial charge in [0.15, 0.2) is 0 Å². The molecule has 0 N–H and O–H groups in total. The van der Waals surface area contributed by atoms with E-state index in [4.69, 9.17) is 4.74 Å². The largest absolute Gasteiger partial charge is 0.370 e. The molecule has 0 bridgehead atoms. The first-order valence-electron chi connectivity index (χ1n) is 7.16. The van der Waals surface area contributed by atoms with Crippen molar-refractivity contribution in [1.29, 1.82) is 0 Å². The fraction of sp³-hybridized carbons (Fsp3) is 0.333. The topological polar surface area (TPSA) is 9.23 Å². The summed E-state index contributed by atoms with van der Waals surface area (Å²) in [6, 6.07) is 21.3. The van der Waals surface area contributed by atoms with Gasteiger partial charge in [0, 0.05) is 0 Å². The minimum absolute atomic E-state index is 0.281. The van der Waals surface area contributed by atoms with Crippen LogP contribution in [0.3, 0.4) is 0 Å². The molecule has 1 aliphatic rings. The molecule has 0 spiro atoms. The van der Waals surface area contributed by atoms with Gasteiger partial charge in [-0.3, -0.25) is 0 Å². The molecule has 1 fully saturated rings. The number of hydrogen-bond acceptors (Lipinski definition) is 1. The van der Waals surface area contributed by atoms with E-state index < -0.39 is 0 Å². The molecule has 2 aromatic carbocycles. The van der Waals surface area contributed by atoms with Crippen molar-refractivity contribution in [2.24, 2.45) is 0 Å². The molecule has 2 aromatic rings. The number of benzene rings is 2. The van der Waals surface area contributed by atoms with Gasteiger partial charge < -0.3 is 4.74 Å². The molecule has 3 rings (SSSR count). The third-order valence-corrected chi connectivity index (χ3v) is 3.83. The first-order chi connectivity index (χ1) is 9.42. The Morgan fingerprint density at radius 3 is 2.26 bits per heavy atom. The Morgan fingerprint density at radius 2 is 1.53 bits per heavy atom. The molecule has 0 aromatic heterocycles. The summed E-state index contributed by atoms with van der Waals surface area (Å²) in [6.45, 7) is 0. The average molecular weight is 252 g/mol. The summed E-state index contributed by atoms with van der Waals surface area (Å²) in [6.07, 6.45) is 5.26. The van der Waals surface area contributed by atoms with Gasteiger partial charge in [-0.15, -0.1) is 0 Å². The lowest BCUT2D eigenvalue weighted by Gasteiger charge is -2.30. The van der Waals surface area contributed by atoms with E-state index in [9.17, 15) is 0 Å². The zero-order valence-electron chi connectivity index (χ0n) is 11.2. The molecule has 0 unspecified atom stereocenters. The van der Waals surface area contributed by atoms with Crippen molar-refractivity contribution in [3.05, 3.63) is 71.8 Å². The van der Waals surface area contributed by atoms with Crippen LogP contribution in [0.5, 0.6) is 0 Å². The fourth-order valence-electron chi connectivity index (χ4n) is 2.84. The zero-order chi connectivity index (χ0) is 12.9. The molecule has 19 heavy (non-hydrogen) atoms. The Kier molecular flexibility index (Phi) is 3.95. The molecule has 0 radical (unpaired) electrons. The van der Waals surface area contributed by atoms with Crippen LogP contribution in [-0.4, -0.2) is 6.10 Å². The van der Waals surface area contributed by atoms with Crippen molar-refractivity contribution in [1.82, 2.24) is 0 Å². The second-order valence-electron chi connectivity index (χ2n) is 5.28. The zero-order valence-corrected chi connectivity index (χ0v) is 11.2. The number of hydrogen-bond donors (Lipinski definition) is 0. The lowest BCUT2D eigenvalue weighted by Crippen LogP contribution is -2.24. The van der Waals surface area contributed by atoms with E-state index >= 15 is 0 Å². The van der Waals surface area contributed by atoms with Crippen LogP contribution in [0, 0.1) is 0 Å². The molecule has 1 aliphatic heterocycles. The van der Waals surface area contributed by atoms with Crippen LogP contribution in [0.25, 0.3) is 0 Å². The number of ether oxygens (including phenoxy) is 1. The highest BCUT2D eigenvalue weighted by Gasteiger charge is 2.23. The molecule has 1 nitrogen and oxygen atoms in total. The van der Waals surface area contributed by atoms with Crippen LogP contribution < -0.4 is 0 Å². The van der Waals surface area contributed by atoms with Crippen LogP contribution in [0.4, 0.5) is 0 Å². The smallest absolute Gasteiger partial charge is 0.0828 e. The molecular formula is C18H20O. The van der Waals surface area contributed by atoms with E-state index in [-0.39, 0.29) is 6.10 Å². The van der Waals surface area contributed by atoms with E-state index in [1.54, 1.807) is 0 Å². The highest BCUT2D eigenvalue weighted by Crippen LogP contribution is 2.32. The van der Waals surface area contributed by atoms with Crippen molar-refractivity contribution < 1.29 is 4.74 Å². The van der Waals surface area contributed by atoms with E-state index in [0.717, 1.165) is 12.8 Å². The van der Waals surface area contributed by atoms with Crippen molar-refractivity contribution in [2.75, 3.05) is 0 Å². The first-order valence-corrected chi connectivity index (χ1v) is 7.16. The molecule has 0 saturated carbocycles. The third kappa shape index (κ3) is 3.24. The van der Waals surface area contributed by atoms with Crippen LogP contribution >= 0.6 is 0 Å². The van der Waals surface area contributed by atoms with Crippen LogP contribution in [0.2, 0.25) is 0 Å². The van der Waals surface area contributed by atoms with E-state index in [1.807, 2.05) is 0 Å². The van der Waals surface area contributed by atoms with Crippen LogP contribution in [-0.2, 0) is 11.2 Å². The second kappa shape index (κ2) is 6.03. The second-order valence-corrected chi connectivity index (χ2v) is 5.28. The maximum absolute atomic E-state index is 6.28. The molecular weight excluding hydrogens is 232 g/mol. The van der Waals surface area contributed by atoms with Gasteiger partial charge in [0.1, 0.15) is 0 Å². The highest BCUT2D eigenvalue weighted by molar-refractivity contribution is 5.19.